The summed E-state index contributed by atoms with van der Waals surface area (Å²) in [5.41, 5.74) is 1.92. The van der Waals surface area contributed by atoms with Gasteiger partial charge in [0, 0.05) is 12.4 Å². The van der Waals surface area contributed by atoms with Crippen LogP contribution in [0.15, 0.2) is 48.9 Å². The predicted octanol–water partition coefficient (Wildman–Crippen LogP) is 0.743. The maximum absolute atomic E-state index is 12.2. The van der Waals surface area contributed by atoms with E-state index in [0.29, 0.717) is 22.2 Å². The second-order valence-corrected chi connectivity index (χ2v) is 4.28. The molecule has 102 valence electrons. The third kappa shape index (κ3) is 1.81. The van der Waals surface area contributed by atoms with Crippen molar-refractivity contribution in [2.45, 2.75) is 0 Å². The first-order chi connectivity index (χ1) is 10.3. The summed E-state index contributed by atoms with van der Waals surface area (Å²) in [5.74, 6) is -0.575. The summed E-state index contributed by atoms with van der Waals surface area (Å²) >= 11 is 0. The fourth-order valence-corrected chi connectivity index (χ4v) is 2.03. The van der Waals surface area contributed by atoms with Crippen molar-refractivity contribution < 1.29 is 9.63 Å². The average molecular weight is 280 g/mol. The highest BCUT2D eigenvalue weighted by Gasteiger charge is 2.17. The van der Waals surface area contributed by atoms with Gasteiger partial charge in [-0.05, 0) is 34.3 Å². The lowest BCUT2D eigenvalue weighted by molar-refractivity contribution is 0.0407. The summed E-state index contributed by atoms with van der Waals surface area (Å²) < 4.78 is 1.59. The normalized spacial score (nSPS) is 11.0. The van der Waals surface area contributed by atoms with E-state index in [0.717, 1.165) is 4.85 Å². The van der Waals surface area contributed by atoms with Crippen molar-refractivity contribution in [2.75, 3.05) is 0 Å². The summed E-state index contributed by atoms with van der Waals surface area (Å²) in [5, 5.41) is 11.7. The van der Waals surface area contributed by atoms with E-state index in [1.54, 1.807) is 35.1 Å². The van der Waals surface area contributed by atoms with Gasteiger partial charge in [0.2, 0.25) is 5.65 Å². The van der Waals surface area contributed by atoms with E-state index in [1.807, 2.05) is 12.1 Å². The van der Waals surface area contributed by atoms with Gasteiger partial charge in [0.1, 0.15) is 11.1 Å². The molecule has 0 saturated carbocycles. The Morgan fingerprint density at radius 1 is 1.19 bits per heavy atom. The van der Waals surface area contributed by atoms with Crippen LogP contribution in [0.5, 0.6) is 0 Å². The third-order valence-corrected chi connectivity index (χ3v) is 3.00. The lowest BCUT2D eigenvalue weighted by Crippen LogP contribution is -2.21. The smallest absolute Gasteiger partial charge is 0.310 e. The van der Waals surface area contributed by atoms with Gasteiger partial charge in [-0.3, -0.25) is 0 Å². The van der Waals surface area contributed by atoms with Crippen molar-refractivity contribution in [3.05, 3.63) is 54.5 Å². The van der Waals surface area contributed by atoms with Crippen LogP contribution < -0.4 is 4.84 Å². The Labute approximate surface area is 117 Å². The Bertz CT molecular complexity index is 957. The van der Waals surface area contributed by atoms with Crippen LogP contribution >= 0.6 is 0 Å². The molecule has 8 heteroatoms. The molecular weight excluding hydrogens is 272 g/mol. The van der Waals surface area contributed by atoms with Crippen LogP contribution in [0, 0.1) is 0 Å². The molecule has 4 heterocycles. The molecule has 4 rings (SSSR count). The Hall–Kier alpha value is -3.29. The van der Waals surface area contributed by atoms with E-state index < -0.39 is 5.97 Å². The zero-order valence-electron chi connectivity index (χ0n) is 10.6. The van der Waals surface area contributed by atoms with Crippen molar-refractivity contribution >= 4 is 22.6 Å². The minimum atomic E-state index is -0.575. The summed E-state index contributed by atoms with van der Waals surface area (Å²) in [7, 11) is 0. The highest BCUT2D eigenvalue weighted by atomic mass is 16.7. The second-order valence-electron chi connectivity index (χ2n) is 4.28. The van der Waals surface area contributed by atoms with E-state index in [9.17, 15) is 4.79 Å². The third-order valence-electron chi connectivity index (χ3n) is 3.00. The van der Waals surface area contributed by atoms with Crippen LogP contribution in [0.4, 0.5) is 0 Å². The first-order valence-electron chi connectivity index (χ1n) is 6.14. The quantitative estimate of drug-likeness (QED) is 0.503. The van der Waals surface area contributed by atoms with Gasteiger partial charge in [0.25, 0.3) is 0 Å². The molecule has 0 unspecified atom stereocenters. The molecule has 0 aliphatic heterocycles. The predicted molar refractivity (Wildman–Crippen MR) is 71.4 cm³/mol. The van der Waals surface area contributed by atoms with Crippen LogP contribution in [0.25, 0.3) is 16.7 Å². The van der Waals surface area contributed by atoms with Crippen LogP contribution in [-0.2, 0) is 0 Å². The highest BCUT2D eigenvalue weighted by molar-refractivity contribution is 5.97. The van der Waals surface area contributed by atoms with Crippen LogP contribution in [0.1, 0.15) is 10.4 Å². The molecule has 0 N–H and O–H groups in total. The minimum Gasteiger partial charge on any atom is -0.310 e. The van der Waals surface area contributed by atoms with Crippen molar-refractivity contribution in [2.24, 2.45) is 0 Å². The van der Waals surface area contributed by atoms with Crippen LogP contribution in [0.2, 0.25) is 0 Å². The molecule has 21 heavy (non-hydrogen) atoms. The first-order valence-corrected chi connectivity index (χ1v) is 6.14. The molecule has 0 aliphatic rings. The Kier molecular flexibility index (Phi) is 2.40. The molecule has 0 amide bonds. The van der Waals surface area contributed by atoms with Gasteiger partial charge in [0.05, 0.1) is 11.7 Å². The van der Waals surface area contributed by atoms with Crippen molar-refractivity contribution in [1.82, 2.24) is 29.8 Å². The maximum atomic E-state index is 12.2. The van der Waals surface area contributed by atoms with Crippen molar-refractivity contribution in [3.8, 4) is 0 Å². The number of nitrogens with zero attached hydrogens (tertiary/aromatic N) is 6. The van der Waals surface area contributed by atoms with Gasteiger partial charge in [0.15, 0.2) is 0 Å². The van der Waals surface area contributed by atoms with E-state index in [1.165, 1.54) is 6.20 Å². The minimum absolute atomic E-state index is 0.343. The van der Waals surface area contributed by atoms with E-state index >= 15 is 0 Å². The largest absolute Gasteiger partial charge is 0.369 e. The lowest BCUT2D eigenvalue weighted by atomic mass is 10.3. The summed E-state index contributed by atoms with van der Waals surface area (Å²) in [6.45, 7) is 0. The van der Waals surface area contributed by atoms with E-state index in [-0.39, 0.29) is 0 Å². The van der Waals surface area contributed by atoms with Gasteiger partial charge < -0.3 is 4.84 Å². The van der Waals surface area contributed by atoms with Crippen LogP contribution in [-0.4, -0.2) is 35.7 Å². The SMILES string of the molecule is O=C(On1nnc2cccnc21)c1cnn2ccccc12. The van der Waals surface area contributed by atoms with Crippen molar-refractivity contribution in [1.29, 1.82) is 0 Å². The summed E-state index contributed by atoms with van der Waals surface area (Å²) in [4.78, 5) is 22.5. The number of hydrogen-bond donors (Lipinski definition) is 0. The van der Waals surface area contributed by atoms with Crippen LogP contribution in [0.3, 0.4) is 0 Å². The molecule has 8 nitrogen and oxygen atoms in total. The van der Waals surface area contributed by atoms with Crippen molar-refractivity contribution in [3.63, 3.8) is 0 Å². The second kappa shape index (κ2) is 4.37. The lowest BCUT2D eigenvalue weighted by Gasteiger charge is -2.01. The average Bonchev–Trinajstić information content (AvgIpc) is 3.12. The standard InChI is InChI=1S/C13H8N6O2/c20-13(9-8-15-18-7-2-1-5-11(9)18)21-19-12-10(16-17-19)4-3-6-14-12/h1-8H. The Morgan fingerprint density at radius 2 is 2.14 bits per heavy atom. The summed E-state index contributed by atoms with van der Waals surface area (Å²) in [6, 6.07) is 8.88. The number of fused-ring (bicyclic) bond motifs is 2. The monoisotopic (exact) mass is 280 g/mol. The molecule has 4 aromatic rings. The first kappa shape index (κ1) is 11.5. The Morgan fingerprint density at radius 3 is 3.10 bits per heavy atom. The number of aromatic nitrogens is 6. The molecule has 0 spiro atoms. The molecule has 0 aliphatic carbocycles. The van der Waals surface area contributed by atoms with Gasteiger partial charge in [-0.25, -0.2) is 14.3 Å². The molecular formula is C13H8N6O2. The molecule has 4 aromatic heterocycles. The fourth-order valence-electron chi connectivity index (χ4n) is 2.03. The summed E-state index contributed by atoms with van der Waals surface area (Å²) in [6.07, 6.45) is 4.77. The molecule has 0 atom stereocenters. The maximum Gasteiger partial charge on any atom is 0.369 e. The fraction of sp³-hybridized carbons (Fsp3) is 0. The topological polar surface area (TPSA) is 87.2 Å². The highest BCUT2D eigenvalue weighted by Crippen LogP contribution is 2.11. The molecule has 0 saturated heterocycles. The molecule has 0 aromatic carbocycles. The van der Waals surface area contributed by atoms with E-state index in [2.05, 4.69) is 20.4 Å². The number of carbonyl (C=O) groups is 1. The van der Waals surface area contributed by atoms with E-state index in [4.69, 9.17) is 4.84 Å². The number of pyridine rings is 2. The van der Waals surface area contributed by atoms with Gasteiger partial charge in [-0.1, -0.05) is 6.07 Å². The number of rotatable bonds is 2. The van der Waals surface area contributed by atoms with Gasteiger partial charge in [-0.2, -0.15) is 5.10 Å². The molecule has 0 radical (unpaired) electrons. The molecule has 0 fully saturated rings. The zero-order chi connectivity index (χ0) is 14.2. The Balaban J connectivity index is 1.72. The molecule has 0 bridgehead atoms. The number of hydrogen-bond acceptors (Lipinski definition) is 6. The zero-order valence-corrected chi connectivity index (χ0v) is 10.6. The number of carbonyl (C=O) groups excluding carboxylic acids is 1. The van der Waals surface area contributed by atoms with Gasteiger partial charge in [-0.15, -0.1) is 5.10 Å². The van der Waals surface area contributed by atoms with Gasteiger partial charge >= 0.3 is 5.97 Å².